The number of rotatable bonds is 5. The van der Waals surface area contributed by atoms with Gasteiger partial charge in [0, 0.05) is 25.7 Å². The Balaban J connectivity index is 1.94. The van der Waals surface area contributed by atoms with Crippen molar-refractivity contribution in [1.29, 1.82) is 0 Å². The summed E-state index contributed by atoms with van der Waals surface area (Å²) in [5.41, 5.74) is 0.549. The molecule has 20 heavy (non-hydrogen) atoms. The summed E-state index contributed by atoms with van der Waals surface area (Å²) in [4.78, 5) is 2.77. The summed E-state index contributed by atoms with van der Waals surface area (Å²) in [6.45, 7) is 14.6. The molecule has 1 aliphatic carbocycles. The third kappa shape index (κ3) is 4.73. The minimum Gasteiger partial charge on any atom is -0.314 e. The number of likely N-dealkylation sites (tertiary alicyclic amines) is 1. The fourth-order valence-corrected chi connectivity index (χ4v) is 4.09. The second-order valence-electron chi connectivity index (χ2n) is 8.20. The molecule has 2 heteroatoms. The summed E-state index contributed by atoms with van der Waals surface area (Å²) in [6.07, 6.45) is 8.57. The Morgan fingerprint density at radius 3 is 2.40 bits per heavy atom. The molecule has 2 rings (SSSR count). The molecule has 118 valence electrons. The maximum atomic E-state index is 3.74. The molecular formula is C18H36N2. The van der Waals surface area contributed by atoms with Gasteiger partial charge in [-0.1, -0.05) is 40.5 Å². The van der Waals surface area contributed by atoms with Crippen LogP contribution in [0.25, 0.3) is 0 Å². The Kier molecular flexibility index (Phi) is 5.92. The van der Waals surface area contributed by atoms with Crippen LogP contribution in [-0.2, 0) is 0 Å². The molecule has 1 aliphatic heterocycles. The van der Waals surface area contributed by atoms with Crippen LogP contribution < -0.4 is 5.32 Å². The first-order chi connectivity index (χ1) is 9.49. The van der Waals surface area contributed by atoms with Gasteiger partial charge in [0.05, 0.1) is 0 Å². The van der Waals surface area contributed by atoms with Gasteiger partial charge in [-0.05, 0) is 49.5 Å². The second kappa shape index (κ2) is 7.26. The third-order valence-corrected chi connectivity index (χ3v) is 5.52. The smallest absolute Gasteiger partial charge is 0.00503 e. The first-order valence-corrected chi connectivity index (χ1v) is 8.95. The summed E-state index contributed by atoms with van der Waals surface area (Å²) in [5.74, 6) is 1.85. The number of nitrogens with one attached hydrogen (secondary N) is 1. The Bertz CT molecular complexity index is 279. The largest absolute Gasteiger partial charge is 0.314 e. The average molecular weight is 280 g/mol. The average Bonchev–Trinajstić information content (AvgIpc) is 2.40. The molecule has 0 aromatic carbocycles. The van der Waals surface area contributed by atoms with Gasteiger partial charge in [0.25, 0.3) is 0 Å². The zero-order valence-corrected chi connectivity index (χ0v) is 14.3. The predicted octanol–water partition coefficient (Wildman–Crippen LogP) is 3.91. The summed E-state index contributed by atoms with van der Waals surface area (Å²) < 4.78 is 0. The Hall–Kier alpha value is -0.0800. The van der Waals surface area contributed by atoms with E-state index >= 15 is 0 Å². The van der Waals surface area contributed by atoms with Gasteiger partial charge in [0.15, 0.2) is 0 Å². The lowest BCUT2D eigenvalue weighted by molar-refractivity contribution is 0.0630. The highest BCUT2D eigenvalue weighted by atomic mass is 15.1. The van der Waals surface area contributed by atoms with Crippen molar-refractivity contribution in [3.63, 3.8) is 0 Å². The minimum atomic E-state index is 0.549. The molecule has 0 aromatic rings. The SMILES string of the molecule is CC1CCC(CNC(C)C)(CN2CCCC(C)C2)CC1. The fraction of sp³-hybridized carbons (Fsp3) is 1.00. The van der Waals surface area contributed by atoms with Gasteiger partial charge in [0.2, 0.25) is 0 Å². The molecular weight excluding hydrogens is 244 g/mol. The molecule has 1 saturated heterocycles. The zero-order valence-electron chi connectivity index (χ0n) is 14.3. The van der Waals surface area contributed by atoms with Gasteiger partial charge in [-0.15, -0.1) is 0 Å². The van der Waals surface area contributed by atoms with Crippen molar-refractivity contribution in [1.82, 2.24) is 10.2 Å². The Labute approximate surface area is 126 Å². The van der Waals surface area contributed by atoms with Crippen LogP contribution in [0.5, 0.6) is 0 Å². The molecule has 0 amide bonds. The molecule has 2 nitrogen and oxygen atoms in total. The lowest BCUT2D eigenvalue weighted by Crippen LogP contribution is -2.49. The number of nitrogens with zero attached hydrogens (tertiary/aromatic N) is 1. The van der Waals surface area contributed by atoms with Crippen LogP contribution in [0.1, 0.15) is 66.2 Å². The molecule has 0 radical (unpaired) electrons. The molecule has 0 aromatic heterocycles. The van der Waals surface area contributed by atoms with Gasteiger partial charge in [-0.3, -0.25) is 0 Å². The van der Waals surface area contributed by atoms with Crippen LogP contribution in [0.4, 0.5) is 0 Å². The van der Waals surface area contributed by atoms with Crippen LogP contribution in [0, 0.1) is 17.3 Å². The Morgan fingerprint density at radius 1 is 1.10 bits per heavy atom. The zero-order chi connectivity index (χ0) is 14.6. The molecule has 1 unspecified atom stereocenters. The van der Waals surface area contributed by atoms with E-state index in [1.54, 1.807) is 0 Å². The van der Waals surface area contributed by atoms with Crippen LogP contribution in [0.2, 0.25) is 0 Å². The van der Waals surface area contributed by atoms with Crippen molar-refractivity contribution >= 4 is 0 Å². The molecule has 1 saturated carbocycles. The van der Waals surface area contributed by atoms with Crippen molar-refractivity contribution < 1.29 is 0 Å². The Morgan fingerprint density at radius 2 is 1.80 bits per heavy atom. The molecule has 0 spiro atoms. The quantitative estimate of drug-likeness (QED) is 0.821. The first-order valence-electron chi connectivity index (χ1n) is 8.95. The molecule has 2 fully saturated rings. The lowest BCUT2D eigenvalue weighted by Gasteiger charge is -2.45. The summed E-state index contributed by atoms with van der Waals surface area (Å²) in [5, 5.41) is 3.74. The van der Waals surface area contributed by atoms with Crippen LogP contribution in [-0.4, -0.2) is 37.1 Å². The summed E-state index contributed by atoms with van der Waals surface area (Å²) in [7, 11) is 0. The number of hydrogen-bond donors (Lipinski definition) is 1. The van der Waals surface area contributed by atoms with Crippen molar-refractivity contribution in [2.45, 2.75) is 72.3 Å². The van der Waals surface area contributed by atoms with Crippen molar-refractivity contribution in [3.05, 3.63) is 0 Å². The number of piperidine rings is 1. The molecule has 1 heterocycles. The van der Waals surface area contributed by atoms with E-state index in [0.717, 1.165) is 11.8 Å². The fourth-order valence-electron chi connectivity index (χ4n) is 4.09. The topological polar surface area (TPSA) is 15.3 Å². The normalized spacial score (nSPS) is 36.5. The van der Waals surface area contributed by atoms with E-state index in [1.807, 2.05) is 0 Å². The van der Waals surface area contributed by atoms with E-state index in [0.29, 0.717) is 11.5 Å². The van der Waals surface area contributed by atoms with E-state index in [9.17, 15) is 0 Å². The number of hydrogen-bond acceptors (Lipinski definition) is 2. The van der Waals surface area contributed by atoms with Crippen molar-refractivity contribution in [2.75, 3.05) is 26.2 Å². The molecule has 0 bridgehead atoms. The standard InChI is InChI=1S/C18H36N2/c1-15(2)19-13-18(9-7-16(3)8-10-18)14-20-11-5-6-17(4)12-20/h15-17,19H,5-14H2,1-4H3. The van der Waals surface area contributed by atoms with Gasteiger partial charge in [-0.25, -0.2) is 0 Å². The van der Waals surface area contributed by atoms with Crippen molar-refractivity contribution in [3.8, 4) is 0 Å². The third-order valence-electron chi connectivity index (χ3n) is 5.52. The van der Waals surface area contributed by atoms with E-state index in [4.69, 9.17) is 0 Å². The summed E-state index contributed by atoms with van der Waals surface area (Å²) in [6, 6.07) is 0.617. The highest BCUT2D eigenvalue weighted by Crippen LogP contribution is 2.39. The van der Waals surface area contributed by atoms with Crippen LogP contribution >= 0.6 is 0 Å². The van der Waals surface area contributed by atoms with E-state index < -0.39 is 0 Å². The highest BCUT2D eigenvalue weighted by Gasteiger charge is 2.36. The molecule has 1 N–H and O–H groups in total. The minimum absolute atomic E-state index is 0.549. The first kappa shape index (κ1) is 16.3. The van der Waals surface area contributed by atoms with E-state index in [1.165, 1.54) is 64.7 Å². The molecule has 1 atom stereocenters. The van der Waals surface area contributed by atoms with Gasteiger partial charge < -0.3 is 10.2 Å². The monoisotopic (exact) mass is 280 g/mol. The lowest BCUT2D eigenvalue weighted by atomic mass is 9.70. The maximum absolute atomic E-state index is 3.74. The predicted molar refractivity (Wildman–Crippen MR) is 88.0 cm³/mol. The second-order valence-corrected chi connectivity index (χ2v) is 8.20. The van der Waals surface area contributed by atoms with Gasteiger partial charge >= 0.3 is 0 Å². The van der Waals surface area contributed by atoms with Crippen molar-refractivity contribution in [2.24, 2.45) is 17.3 Å². The van der Waals surface area contributed by atoms with Crippen LogP contribution in [0.3, 0.4) is 0 Å². The molecule has 2 aliphatic rings. The summed E-state index contributed by atoms with van der Waals surface area (Å²) >= 11 is 0. The van der Waals surface area contributed by atoms with Gasteiger partial charge in [-0.2, -0.15) is 0 Å². The van der Waals surface area contributed by atoms with E-state index in [-0.39, 0.29) is 0 Å². The van der Waals surface area contributed by atoms with E-state index in [2.05, 4.69) is 37.9 Å². The highest BCUT2D eigenvalue weighted by molar-refractivity contribution is 4.90. The van der Waals surface area contributed by atoms with Gasteiger partial charge in [0.1, 0.15) is 0 Å². The van der Waals surface area contributed by atoms with Crippen LogP contribution in [0.15, 0.2) is 0 Å². The maximum Gasteiger partial charge on any atom is 0.00503 e.